The Morgan fingerprint density at radius 3 is 2.59 bits per heavy atom. The van der Waals surface area contributed by atoms with Crippen LogP contribution in [0.3, 0.4) is 0 Å². The van der Waals surface area contributed by atoms with Crippen molar-refractivity contribution in [2.24, 2.45) is 5.92 Å². The minimum atomic E-state index is -0.0695. The Morgan fingerprint density at radius 1 is 1.15 bits per heavy atom. The lowest BCUT2D eigenvalue weighted by Gasteiger charge is -2.18. The quantitative estimate of drug-likeness (QED) is 0.662. The highest BCUT2D eigenvalue weighted by atomic mass is 16.1. The van der Waals surface area contributed by atoms with Gasteiger partial charge in [0.25, 0.3) is 0 Å². The Bertz CT molecular complexity index is 937. The van der Waals surface area contributed by atoms with Crippen molar-refractivity contribution < 1.29 is 4.79 Å². The zero-order chi connectivity index (χ0) is 18.6. The van der Waals surface area contributed by atoms with Crippen LogP contribution in [0.25, 0.3) is 11.8 Å². The molecule has 136 valence electrons. The summed E-state index contributed by atoms with van der Waals surface area (Å²) in [6.45, 7) is 2.08. The molecule has 0 aliphatic heterocycles. The number of aromatic nitrogens is 2. The van der Waals surface area contributed by atoms with Gasteiger partial charge in [-0.3, -0.25) is 4.79 Å². The number of nitrogens with zero attached hydrogens (tertiary/aromatic N) is 2. The first-order chi connectivity index (χ1) is 13.2. The summed E-state index contributed by atoms with van der Waals surface area (Å²) < 4.78 is 1.80. The van der Waals surface area contributed by atoms with E-state index in [-0.39, 0.29) is 11.9 Å². The molecule has 0 bridgehead atoms. The lowest BCUT2D eigenvalue weighted by atomic mass is 10.0. The van der Waals surface area contributed by atoms with Gasteiger partial charge in [0.2, 0.25) is 5.91 Å². The first-order valence-electron chi connectivity index (χ1n) is 9.34. The van der Waals surface area contributed by atoms with Crippen molar-refractivity contribution in [2.45, 2.75) is 25.8 Å². The van der Waals surface area contributed by atoms with Gasteiger partial charge in [-0.05, 0) is 49.5 Å². The van der Waals surface area contributed by atoms with Crippen molar-refractivity contribution in [3.63, 3.8) is 0 Å². The molecule has 0 spiro atoms. The van der Waals surface area contributed by atoms with Gasteiger partial charge in [0.05, 0.1) is 17.9 Å². The van der Waals surface area contributed by atoms with Crippen molar-refractivity contribution >= 4 is 12.0 Å². The predicted octanol–water partition coefficient (Wildman–Crippen LogP) is 4.46. The smallest absolute Gasteiger partial charge is 0.244 e. The van der Waals surface area contributed by atoms with E-state index in [0.29, 0.717) is 5.92 Å². The molecule has 0 saturated heterocycles. The fourth-order valence-electron chi connectivity index (χ4n) is 3.19. The van der Waals surface area contributed by atoms with Crippen LogP contribution in [0.2, 0.25) is 0 Å². The van der Waals surface area contributed by atoms with E-state index in [9.17, 15) is 4.79 Å². The van der Waals surface area contributed by atoms with Crippen LogP contribution in [-0.4, -0.2) is 15.7 Å². The summed E-state index contributed by atoms with van der Waals surface area (Å²) in [7, 11) is 0. The van der Waals surface area contributed by atoms with Gasteiger partial charge in [-0.2, -0.15) is 5.10 Å². The molecule has 1 amide bonds. The van der Waals surface area contributed by atoms with Crippen LogP contribution in [0.5, 0.6) is 0 Å². The van der Waals surface area contributed by atoms with E-state index >= 15 is 0 Å². The van der Waals surface area contributed by atoms with E-state index in [2.05, 4.69) is 41.6 Å². The van der Waals surface area contributed by atoms with Crippen molar-refractivity contribution in [1.82, 2.24) is 15.1 Å². The molecule has 1 aliphatic rings. The van der Waals surface area contributed by atoms with Crippen molar-refractivity contribution in [2.75, 3.05) is 0 Å². The molecule has 2 aromatic carbocycles. The highest BCUT2D eigenvalue weighted by Gasteiger charge is 2.32. The number of amides is 1. The van der Waals surface area contributed by atoms with Gasteiger partial charge >= 0.3 is 0 Å². The summed E-state index contributed by atoms with van der Waals surface area (Å²) in [5.74, 6) is 0.478. The maximum Gasteiger partial charge on any atom is 0.244 e. The molecule has 1 N–H and O–H groups in total. The molecule has 0 unspecified atom stereocenters. The van der Waals surface area contributed by atoms with Crippen LogP contribution in [0, 0.1) is 12.8 Å². The van der Waals surface area contributed by atoms with Crippen LogP contribution in [-0.2, 0) is 4.79 Å². The number of hydrogen-bond acceptors (Lipinski definition) is 2. The second-order valence-electron chi connectivity index (χ2n) is 7.12. The minimum absolute atomic E-state index is 0.0695. The molecule has 1 aromatic heterocycles. The topological polar surface area (TPSA) is 46.9 Å². The molecule has 1 fully saturated rings. The fraction of sp³-hybridized carbons (Fsp3) is 0.217. The third-order valence-electron chi connectivity index (χ3n) is 4.88. The molecule has 1 aliphatic carbocycles. The Kier molecular flexibility index (Phi) is 4.88. The normalized spacial score (nSPS) is 15.0. The van der Waals surface area contributed by atoms with Gasteiger partial charge in [0.1, 0.15) is 0 Å². The Hall–Kier alpha value is -3.14. The van der Waals surface area contributed by atoms with Gasteiger partial charge in [-0.15, -0.1) is 0 Å². The molecule has 0 radical (unpaired) electrons. The first kappa shape index (κ1) is 17.3. The third-order valence-corrected chi connectivity index (χ3v) is 4.88. The van der Waals surface area contributed by atoms with Crippen molar-refractivity contribution in [3.05, 3.63) is 89.8 Å². The minimum Gasteiger partial charge on any atom is -0.345 e. The number of carbonyl (C=O) groups is 1. The van der Waals surface area contributed by atoms with E-state index in [1.165, 1.54) is 24.0 Å². The lowest BCUT2D eigenvalue weighted by Crippen LogP contribution is -2.28. The summed E-state index contributed by atoms with van der Waals surface area (Å²) >= 11 is 0. The number of benzene rings is 2. The molecule has 3 aromatic rings. The maximum absolute atomic E-state index is 12.5. The fourth-order valence-corrected chi connectivity index (χ4v) is 3.19. The van der Waals surface area contributed by atoms with E-state index in [4.69, 9.17) is 0 Å². The first-order valence-corrected chi connectivity index (χ1v) is 9.34. The van der Waals surface area contributed by atoms with Gasteiger partial charge in [0.15, 0.2) is 0 Å². The monoisotopic (exact) mass is 357 g/mol. The SMILES string of the molecule is Cc1ccc([C@H](NC(=O)/C=C\c2cnn(-c3ccccc3)c2)C2CC2)cc1. The second-order valence-corrected chi connectivity index (χ2v) is 7.12. The van der Waals surface area contributed by atoms with Crippen LogP contribution < -0.4 is 5.32 Å². The third kappa shape index (κ3) is 4.34. The molecular weight excluding hydrogens is 334 g/mol. The average molecular weight is 357 g/mol. The second kappa shape index (κ2) is 7.62. The summed E-state index contributed by atoms with van der Waals surface area (Å²) in [5.41, 5.74) is 4.30. The highest BCUT2D eigenvalue weighted by Crippen LogP contribution is 2.41. The van der Waals surface area contributed by atoms with Gasteiger partial charge in [-0.25, -0.2) is 4.68 Å². The molecule has 1 heterocycles. The largest absolute Gasteiger partial charge is 0.345 e. The van der Waals surface area contributed by atoms with Gasteiger partial charge in [-0.1, -0.05) is 48.0 Å². The zero-order valence-corrected chi connectivity index (χ0v) is 15.4. The molecule has 4 nitrogen and oxygen atoms in total. The standard InChI is InChI=1S/C23H23N3O/c1-17-7-10-19(11-8-17)23(20-12-13-20)25-22(27)14-9-18-15-24-26(16-18)21-5-3-2-4-6-21/h2-11,14-16,20,23H,12-13H2,1H3,(H,25,27)/b14-9-/t23-/m0/s1. The molecule has 4 rings (SSSR count). The lowest BCUT2D eigenvalue weighted by molar-refractivity contribution is -0.117. The Labute approximate surface area is 159 Å². The van der Waals surface area contributed by atoms with Crippen LogP contribution in [0.4, 0.5) is 0 Å². The number of nitrogens with one attached hydrogen (secondary N) is 1. The maximum atomic E-state index is 12.5. The van der Waals surface area contributed by atoms with E-state index < -0.39 is 0 Å². The summed E-state index contributed by atoms with van der Waals surface area (Å²) in [5, 5.41) is 7.52. The Balaban J connectivity index is 1.42. The average Bonchev–Trinajstić information content (AvgIpc) is 3.43. The number of carbonyl (C=O) groups excluding carboxylic acids is 1. The van der Waals surface area contributed by atoms with E-state index in [0.717, 1.165) is 11.3 Å². The van der Waals surface area contributed by atoms with Gasteiger partial charge < -0.3 is 5.32 Å². The number of para-hydroxylation sites is 1. The molecule has 4 heteroatoms. The van der Waals surface area contributed by atoms with Crippen LogP contribution >= 0.6 is 0 Å². The van der Waals surface area contributed by atoms with Crippen LogP contribution in [0.1, 0.15) is 35.6 Å². The van der Waals surface area contributed by atoms with Crippen molar-refractivity contribution in [3.8, 4) is 5.69 Å². The highest BCUT2D eigenvalue weighted by molar-refractivity contribution is 5.92. The number of rotatable bonds is 6. The molecular formula is C23H23N3O. The number of hydrogen-bond donors (Lipinski definition) is 1. The summed E-state index contributed by atoms with van der Waals surface area (Å²) in [4.78, 5) is 12.5. The van der Waals surface area contributed by atoms with E-state index in [1.54, 1.807) is 23.0 Å². The summed E-state index contributed by atoms with van der Waals surface area (Å²) in [6, 6.07) is 18.4. The zero-order valence-electron chi connectivity index (χ0n) is 15.4. The van der Waals surface area contributed by atoms with Crippen LogP contribution in [0.15, 0.2) is 73.1 Å². The number of aryl methyl sites for hydroxylation is 1. The van der Waals surface area contributed by atoms with Gasteiger partial charge in [0, 0.05) is 17.8 Å². The molecule has 27 heavy (non-hydrogen) atoms. The predicted molar refractivity (Wildman–Crippen MR) is 107 cm³/mol. The van der Waals surface area contributed by atoms with Crippen molar-refractivity contribution in [1.29, 1.82) is 0 Å². The molecule has 1 atom stereocenters. The summed E-state index contributed by atoms with van der Waals surface area (Å²) in [6.07, 6.45) is 9.42. The molecule has 1 saturated carbocycles. The van der Waals surface area contributed by atoms with E-state index in [1.807, 2.05) is 36.5 Å². The Morgan fingerprint density at radius 2 is 1.89 bits per heavy atom.